The highest BCUT2D eigenvalue weighted by Crippen LogP contribution is 2.25. The number of carbonyl (C=O) groups excluding carboxylic acids is 2. The van der Waals surface area contributed by atoms with Gasteiger partial charge in [-0.1, -0.05) is 13.8 Å². The lowest BCUT2D eigenvalue weighted by molar-refractivity contribution is -0.132. The first-order valence-electron chi connectivity index (χ1n) is 15.5. The fourth-order valence-electron chi connectivity index (χ4n) is 6.21. The van der Waals surface area contributed by atoms with Crippen LogP contribution < -0.4 is 20.3 Å². The molecule has 9 nitrogen and oxygen atoms in total. The zero-order chi connectivity index (χ0) is 28.8. The minimum Gasteiger partial charge on any atom is -0.494 e. The predicted molar refractivity (Wildman–Crippen MR) is 160 cm³/mol. The molecule has 2 amide bonds. The van der Waals surface area contributed by atoms with Crippen LogP contribution in [-0.4, -0.2) is 78.1 Å². The lowest BCUT2D eigenvalue weighted by atomic mass is 9.92. The number of aryl methyl sites for hydroxylation is 1. The number of anilines is 1. The van der Waals surface area contributed by atoms with Crippen molar-refractivity contribution < 1.29 is 14.3 Å². The summed E-state index contributed by atoms with van der Waals surface area (Å²) in [5, 5.41) is 6.41. The van der Waals surface area contributed by atoms with Crippen molar-refractivity contribution in [3.05, 3.63) is 47.3 Å². The molecule has 222 valence electrons. The number of aromatic nitrogens is 2. The van der Waals surface area contributed by atoms with E-state index < -0.39 is 0 Å². The molecule has 2 atom stereocenters. The Hall–Kier alpha value is -3.20. The van der Waals surface area contributed by atoms with Crippen molar-refractivity contribution in [3.63, 3.8) is 0 Å². The minimum atomic E-state index is -0.196. The van der Waals surface area contributed by atoms with Crippen molar-refractivity contribution >= 4 is 17.8 Å². The normalized spacial score (nSPS) is 21.5. The molecule has 0 saturated carbocycles. The predicted octanol–water partition coefficient (Wildman–Crippen LogP) is 4.07. The number of nitrogens with zero attached hydrogens (tertiary/aromatic N) is 4. The molecule has 41 heavy (non-hydrogen) atoms. The van der Waals surface area contributed by atoms with Crippen LogP contribution in [-0.2, 0) is 4.79 Å². The number of ether oxygens (including phenoxy) is 1. The first-order valence-corrected chi connectivity index (χ1v) is 15.5. The molecule has 0 radical (unpaired) electrons. The Morgan fingerprint density at radius 3 is 2.51 bits per heavy atom. The first kappa shape index (κ1) is 29.3. The van der Waals surface area contributed by atoms with Gasteiger partial charge >= 0.3 is 0 Å². The number of nitrogens with one attached hydrogen (secondary N) is 2. The molecule has 1 aromatic carbocycles. The highest BCUT2D eigenvalue weighted by Gasteiger charge is 2.34. The van der Waals surface area contributed by atoms with Crippen molar-refractivity contribution in [2.45, 2.75) is 83.7 Å². The number of carbonyl (C=O) groups is 2. The molecule has 3 aliphatic rings. The van der Waals surface area contributed by atoms with Gasteiger partial charge in [-0.2, -0.15) is 0 Å². The van der Waals surface area contributed by atoms with Gasteiger partial charge in [0.1, 0.15) is 5.75 Å². The highest BCUT2D eigenvalue weighted by atomic mass is 16.5. The summed E-state index contributed by atoms with van der Waals surface area (Å²) in [7, 11) is 0. The van der Waals surface area contributed by atoms with E-state index in [4.69, 9.17) is 4.74 Å². The quantitative estimate of drug-likeness (QED) is 0.421. The van der Waals surface area contributed by atoms with Crippen molar-refractivity contribution in [2.75, 3.05) is 44.2 Å². The van der Waals surface area contributed by atoms with Crippen LogP contribution in [0.25, 0.3) is 0 Å². The number of amides is 2. The Morgan fingerprint density at radius 1 is 1.10 bits per heavy atom. The van der Waals surface area contributed by atoms with Crippen LogP contribution in [0, 0.1) is 12.8 Å². The smallest absolute Gasteiger partial charge is 0.251 e. The maximum Gasteiger partial charge on any atom is 0.251 e. The second kappa shape index (κ2) is 13.6. The van der Waals surface area contributed by atoms with Crippen LogP contribution in [0.5, 0.6) is 5.75 Å². The standard InChI is InChI=1S/C32H46N6O3/c1-22(2)25-19-34-32(35-20-25)38-14-10-24(11-15-38)7-6-16-41-27-8-9-28(23(3)17-27)30(39)36-26-18-29(33-21-26)31(40)37-12-4-5-13-37/h8-9,17,19-20,22,24,26,29,33H,4-7,10-16,18,21H2,1-3H3,(H,36,39)/t26-,29-/m0/s1. The summed E-state index contributed by atoms with van der Waals surface area (Å²) < 4.78 is 6.04. The SMILES string of the molecule is Cc1cc(OCCCC2CCN(c3ncc(C(C)C)cn3)CC2)ccc1C(=O)N[C@@H]1CN[C@H](C(=O)N2CCCC2)C1. The van der Waals surface area contributed by atoms with Gasteiger partial charge in [0.15, 0.2) is 0 Å². The average Bonchev–Trinajstić information content (AvgIpc) is 3.68. The van der Waals surface area contributed by atoms with Gasteiger partial charge in [-0.05, 0) is 93.0 Å². The molecular formula is C32H46N6O3. The molecule has 3 fully saturated rings. The Balaban J connectivity index is 1.00. The van der Waals surface area contributed by atoms with Gasteiger partial charge < -0.3 is 25.2 Å². The maximum atomic E-state index is 13.0. The fraction of sp³-hybridized carbons (Fsp3) is 0.625. The van der Waals surface area contributed by atoms with Crippen LogP contribution in [0.1, 0.15) is 86.2 Å². The number of hydrogen-bond donors (Lipinski definition) is 2. The third-order valence-electron chi connectivity index (χ3n) is 8.87. The Morgan fingerprint density at radius 2 is 1.83 bits per heavy atom. The summed E-state index contributed by atoms with van der Waals surface area (Å²) in [6.45, 7) is 11.3. The molecule has 0 unspecified atom stereocenters. The van der Waals surface area contributed by atoms with Crippen molar-refractivity contribution in [3.8, 4) is 5.75 Å². The zero-order valence-corrected chi connectivity index (χ0v) is 24.9. The largest absolute Gasteiger partial charge is 0.494 e. The van der Waals surface area contributed by atoms with E-state index in [1.54, 1.807) is 0 Å². The summed E-state index contributed by atoms with van der Waals surface area (Å²) in [6.07, 6.45) is 11.2. The van der Waals surface area contributed by atoms with Gasteiger partial charge in [-0.3, -0.25) is 9.59 Å². The van der Waals surface area contributed by atoms with Crippen LogP contribution in [0.4, 0.5) is 5.95 Å². The fourth-order valence-corrected chi connectivity index (χ4v) is 6.21. The van der Waals surface area contributed by atoms with Crippen molar-refractivity contribution in [1.29, 1.82) is 0 Å². The minimum absolute atomic E-state index is 0.0424. The molecule has 3 saturated heterocycles. The van der Waals surface area contributed by atoms with E-state index in [1.165, 1.54) is 5.56 Å². The second-order valence-corrected chi connectivity index (χ2v) is 12.3. The molecule has 0 bridgehead atoms. The number of hydrogen-bond acceptors (Lipinski definition) is 7. The van der Waals surface area contributed by atoms with E-state index in [9.17, 15) is 9.59 Å². The molecule has 0 spiro atoms. The number of benzene rings is 1. The summed E-state index contributed by atoms with van der Waals surface area (Å²) in [5.41, 5.74) is 2.73. The van der Waals surface area contributed by atoms with E-state index in [2.05, 4.69) is 39.3 Å². The maximum absolute atomic E-state index is 13.0. The van der Waals surface area contributed by atoms with Gasteiger partial charge in [-0.15, -0.1) is 0 Å². The molecule has 1 aromatic heterocycles. The molecule has 3 aliphatic heterocycles. The highest BCUT2D eigenvalue weighted by molar-refractivity contribution is 5.96. The number of rotatable bonds is 10. The van der Waals surface area contributed by atoms with Gasteiger partial charge in [-0.25, -0.2) is 9.97 Å². The van der Waals surface area contributed by atoms with E-state index in [1.807, 2.05) is 42.4 Å². The third kappa shape index (κ3) is 7.56. The average molecular weight is 563 g/mol. The van der Waals surface area contributed by atoms with Gasteiger partial charge in [0.2, 0.25) is 11.9 Å². The molecule has 9 heteroatoms. The Bertz CT molecular complexity index is 1170. The third-order valence-corrected chi connectivity index (χ3v) is 8.87. The monoisotopic (exact) mass is 562 g/mol. The second-order valence-electron chi connectivity index (χ2n) is 12.3. The number of piperidine rings is 1. The first-order chi connectivity index (χ1) is 19.9. The Kier molecular flexibility index (Phi) is 9.75. The summed E-state index contributed by atoms with van der Waals surface area (Å²) in [5.74, 6) is 2.87. The van der Waals surface area contributed by atoms with Gasteiger partial charge in [0.25, 0.3) is 5.91 Å². The lowest BCUT2D eigenvalue weighted by Crippen LogP contribution is -2.42. The van der Waals surface area contributed by atoms with Gasteiger partial charge in [0.05, 0.1) is 12.6 Å². The number of likely N-dealkylation sites (tertiary alicyclic amines) is 1. The Labute approximate surface area is 244 Å². The zero-order valence-electron chi connectivity index (χ0n) is 24.9. The molecule has 2 N–H and O–H groups in total. The van der Waals surface area contributed by atoms with Crippen LogP contribution in [0.2, 0.25) is 0 Å². The summed E-state index contributed by atoms with van der Waals surface area (Å²) in [4.78, 5) is 39.0. The van der Waals surface area contributed by atoms with E-state index in [-0.39, 0.29) is 23.9 Å². The molecule has 5 rings (SSSR count). The van der Waals surface area contributed by atoms with Crippen molar-refractivity contribution in [1.82, 2.24) is 25.5 Å². The molecule has 0 aliphatic carbocycles. The van der Waals surface area contributed by atoms with E-state index in [0.29, 0.717) is 37.0 Å². The summed E-state index contributed by atoms with van der Waals surface area (Å²) >= 11 is 0. The summed E-state index contributed by atoms with van der Waals surface area (Å²) in [6, 6.07) is 5.45. The van der Waals surface area contributed by atoms with Crippen molar-refractivity contribution in [2.24, 2.45) is 5.92 Å². The molecule has 4 heterocycles. The molecule has 2 aromatic rings. The van der Waals surface area contributed by atoms with Crippen LogP contribution >= 0.6 is 0 Å². The van der Waals surface area contributed by atoms with Crippen LogP contribution in [0.3, 0.4) is 0 Å². The van der Waals surface area contributed by atoms with E-state index in [0.717, 1.165) is 82.0 Å². The topological polar surface area (TPSA) is 99.7 Å². The molecular weight excluding hydrogens is 516 g/mol. The van der Waals surface area contributed by atoms with Gasteiger partial charge in [0, 0.05) is 56.7 Å². The van der Waals surface area contributed by atoms with E-state index >= 15 is 0 Å². The lowest BCUT2D eigenvalue weighted by Gasteiger charge is -2.32. The van der Waals surface area contributed by atoms with Crippen LogP contribution in [0.15, 0.2) is 30.6 Å².